The number of piperazine rings is 1. The van der Waals surface area contributed by atoms with Crippen LogP contribution in [0, 0.1) is 0 Å². The number of hydrogen-bond acceptors (Lipinski definition) is 4. The highest BCUT2D eigenvalue weighted by atomic mass is 35.5. The Labute approximate surface area is 130 Å². The SMILES string of the molecule is COc1ccc(Cl)cc1NC(=O)[C@@H](C)N1CCN(C)CC1. The number of likely N-dealkylation sites (N-methyl/N-ethyl adjacent to an activating group) is 1. The standard InChI is InChI=1S/C15H22ClN3O2/c1-11(19-8-6-18(2)7-9-19)15(20)17-13-10-12(16)4-5-14(13)21-3/h4-5,10-11H,6-9H2,1-3H3,(H,17,20)/t11-/m1/s1. The molecule has 1 saturated heterocycles. The van der Waals surface area contributed by atoms with Crippen LogP contribution in [0.2, 0.25) is 5.02 Å². The fourth-order valence-corrected chi connectivity index (χ4v) is 2.56. The van der Waals surface area contributed by atoms with Gasteiger partial charge in [0, 0.05) is 31.2 Å². The van der Waals surface area contributed by atoms with Gasteiger partial charge in [-0.3, -0.25) is 9.69 Å². The zero-order chi connectivity index (χ0) is 15.4. The van der Waals surface area contributed by atoms with E-state index in [0.29, 0.717) is 16.5 Å². The molecule has 5 nitrogen and oxygen atoms in total. The largest absolute Gasteiger partial charge is 0.495 e. The minimum atomic E-state index is -0.178. The highest BCUT2D eigenvalue weighted by molar-refractivity contribution is 6.31. The molecule has 1 aromatic carbocycles. The van der Waals surface area contributed by atoms with Crippen molar-refractivity contribution in [3.05, 3.63) is 23.2 Å². The number of halogens is 1. The molecule has 0 bridgehead atoms. The molecule has 0 spiro atoms. The predicted molar refractivity (Wildman–Crippen MR) is 85.2 cm³/mol. The van der Waals surface area contributed by atoms with E-state index in [1.165, 1.54) is 0 Å². The maximum Gasteiger partial charge on any atom is 0.241 e. The number of anilines is 1. The van der Waals surface area contributed by atoms with Gasteiger partial charge in [-0.25, -0.2) is 0 Å². The zero-order valence-corrected chi connectivity index (χ0v) is 13.5. The van der Waals surface area contributed by atoms with Crippen molar-refractivity contribution in [3.63, 3.8) is 0 Å². The number of amides is 1. The van der Waals surface area contributed by atoms with Crippen molar-refractivity contribution < 1.29 is 9.53 Å². The Bertz CT molecular complexity index is 502. The quantitative estimate of drug-likeness (QED) is 0.923. The van der Waals surface area contributed by atoms with E-state index in [4.69, 9.17) is 16.3 Å². The molecular weight excluding hydrogens is 290 g/mol. The third kappa shape index (κ3) is 4.09. The van der Waals surface area contributed by atoms with E-state index < -0.39 is 0 Å². The van der Waals surface area contributed by atoms with Crippen LogP contribution in [0.25, 0.3) is 0 Å². The lowest BCUT2D eigenvalue weighted by Gasteiger charge is -2.35. The predicted octanol–water partition coefficient (Wildman–Crippen LogP) is 1.92. The summed E-state index contributed by atoms with van der Waals surface area (Å²) in [5.74, 6) is 0.568. The van der Waals surface area contributed by atoms with Gasteiger partial charge in [-0.05, 0) is 32.2 Å². The van der Waals surface area contributed by atoms with E-state index in [9.17, 15) is 4.79 Å². The molecule has 1 fully saturated rings. The third-order valence-electron chi connectivity index (χ3n) is 3.88. The van der Waals surface area contributed by atoms with Crippen LogP contribution in [0.5, 0.6) is 5.75 Å². The Morgan fingerprint density at radius 2 is 2.00 bits per heavy atom. The van der Waals surface area contributed by atoms with Gasteiger partial charge in [0.15, 0.2) is 0 Å². The van der Waals surface area contributed by atoms with E-state index in [1.807, 2.05) is 6.92 Å². The summed E-state index contributed by atoms with van der Waals surface area (Å²) in [4.78, 5) is 16.9. The first-order valence-corrected chi connectivity index (χ1v) is 7.46. The average Bonchev–Trinajstić information content (AvgIpc) is 2.47. The fourth-order valence-electron chi connectivity index (χ4n) is 2.39. The molecule has 0 saturated carbocycles. The summed E-state index contributed by atoms with van der Waals surface area (Å²) in [5.41, 5.74) is 0.607. The molecular formula is C15H22ClN3O2. The number of nitrogens with one attached hydrogen (secondary N) is 1. The molecule has 1 N–H and O–H groups in total. The first-order chi connectivity index (χ1) is 10.0. The number of ether oxygens (including phenoxy) is 1. The van der Waals surface area contributed by atoms with Gasteiger partial charge in [0.1, 0.15) is 5.75 Å². The highest BCUT2D eigenvalue weighted by Gasteiger charge is 2.24. The lowest BCUT2D eigenvalue weighted by molar-refractivity contribution is -0.121. The molecule has 0 radical (unpaired) electrons. The molecule has 0 unspecified atom stereocenters. The Balaban J connectivity index is 2.02. The Morgan fingerprint density at radius 3 is 2.62 bits per heavy atom. The van der Waals surface area contributed by atoms with Crippen molar-refractivity contribution in [1.29, 1.82) is 0 Å². The summed E-state index contributed by atoms with van der Waals surface area (Å²) >= 11 is 5.98. The smallest absolute Gasteiger partial charge is 0.241 e. The number of carbonyl (C=O) groups excluding carboxylic acids is 1. The summed E-state index contributed by atoms with van der Waals surface area (Å²) < 4.78 is 5.25. The van der Waals surface area contributed by atoms with Gasteiger partial charge in [-0.1, -0.05) is 11.6 Å². The second-order valence-electron chi connectivity index (χ2n) is 5.35. The lowest BCUT2D eigenvalue weighted by atomic mass is 10.2. The van der Waals surface area contributed by atoms with Crippen molar-refractivity contribution in [2.24, 2.45) is 0 Å². The van der Waals surface area contributed by atoms with Crippen LogP contribution in [-0.4, -0.2) is 62.1 Å². The summed E-state index contributed by atoms with van der Waals surface area (Å²) in [6, 6.07) is 5.01. The van der Waals surface area contributed by atoms with Gasteiger partial charge in [0.25, 0.3) is 0 Å². The minimum absolute atomic E-state index is 0.0416. The van der Waals surface area contributed by atoms with Crippen LogP contribution in [0.3, 0.4) is 0 Å². The van der Waals surface area contributed by atoms with Crippen molar-refractivity contribution >= 4 is 23.2 Å². The minimum Gasteiger partial charge on any atom is -0.495 e. The monoisotopic (exact) mass is 311 g/mol. The summed E-state index contributed by atoms with van der Waals surface area (Å²) in [5, 5.41) is 3.47. The first kappa shape index (κ1) is 16.1. The topological polar surface area (TPSA) is 44.8 Å². The van der Waals surface area contributed by atoms with Crippen LogP contribution >= 0.6 is 11.6 Å². The van der Waals surface area contributed by atoms with E-state index in [1.54, 1.807) is 25.3 Å². The van der Waals surface area contributed by atoms with E-state index in [2.05, 4.69) is 22.2 Å². The Hall–Kier alpha value is -1.30. The molecule has 1 aliphatic rings. The molecule has 116 valence electrons. The van der Waals surface area contributed by atoms with Crippen LogP contribution < -0.4 is 10.1 Å². The van der Waals surface area contributed by atoms with Gasteiger partial charge >= 0.3 is 0 Å². The van der Waals surface area contributed by atoms with Crippen LogP contribution in [-0.2, 0) is 4.79 Å². The molecule has 1 amide bonds. The normalized spacial score (nSPS) is 18.3. The number of benzene rings is 1. The van der Waals surface area contributed by atoms with Crippen molar-refractivity contribution in [2.45, 2.75) is 13.0 Å². The highest BCUT2D eigenvalue weighted by Crippen LogP contribution is 2.28. The lowest BCUT2D eigenvalue weighted by Crippen LogP contribution is -2.51. The van der Waals surface area contributed by atoms with Crippen molar-refractivity contribution in [2.75, 3.05) is 45.7 Å². The maximum atomic E-state index is 12.4. The summed E-state index contributed by atoms with van der Waals surface area (Å²) in [7, 11) is 3.67. The fraction of sp³-hybridized carbons (Fsp3) is 0.533. The zero-order valence-electron chi connectivity index (χ0n) is 12.7. The molecule has 0 aromatic heterocycles. The molecule has 1 atom stereocenters. The van der Waals surface area contributed by atoms with Gasteiger partial charge in [0.2, 0.25) is 5.91 Å². The second kappa shape index (κ2) is 7.11. The number of nitrogens with zero attached hydrogens (tertiary/aromatic N) is 2. The van der Waals surface area contributed by atoms with Crippen LogP contribution in [0.4, 0.5) is 5.69 Å². The Kier molecular flexibility index (Phi) is 5.45. The maximum absolute atomic E-state index is 12.4. The third-order valence-corrected chi connectivity index (χ3v) is 4.12. The Morgan fingerprint density at radius 1 is 1.33 bits per heavy atom. The van der Waals surface area contributed by atoms with Crippen LogP contribution in [0.1, 0.15) is 6.92 Å². The van der Waals surface area contributed by atoms with Gasteiger partial charge in [-0.2, -0.15) is 0 Å². The van der Waals surface area contributed by atoms with Gasteiger partial charge < -0.3 is 15.0 Å². The number of hydrogen-bond donors (Lipinski definition) is 1. The molecule has 6 heteroatoms. The molecule has 2 rings (SSSR count). The van der Waals surface area contributed by atoms with E-state index in [0.717, 1.165) is 26.2 Å². The van der Waals surface area contributed by atoms with Gasteiger partial charge in [-0.15, -0.1) is 0 Å². The number of rotatable bonds is 4. The molecule has 0 aliphatic carbocycles. The average molecular weight is 312 g/mol. The second-order valence-corrected chi connectivity index (χ2v) is 5.79. The summed E-state index contributed by atoms with van der Waals surface area (Å²) in [6.45, 7) is 5.70. The van der Waals surface area contributed by atoms with E-state index >= 15 is 0 Å². The molecule has 1 aliphatic heterocycles. The summed E-state index contributed by atoms with van der Waals surface area (Å²) in [6.07, 6.45) is 0. The molecule has 1 aromatic rings. The number of carbonyl (C=O) groups is 1. The van der Waals surface area contributed by atoms with Gasteiger partial charge in [0.05, 0.1) is 18.8 Å². The molecule has 21 heavy (non-hydrogen) atoms. The first-order valence-electron chi connectivity index (χ1n) is 7.08. The van der Waals surface area contributed by atoms with Crippen molar-refractivity contribution in [3.8, 4) is 5.75 Å². The molecule has 1 heterocycles. The van der Waals surface area contributed by atoms with Crippen molar-refractivity contribution in [1.82, 2.24) is 9.80 Å². The number of methoxy groups -OCH3 is 1. The van der Waals surface area contributed by atoms with Crippen LogP contribution in [0.15, 0.2) is 18.2 Å². The van der Waals surface area contributed by atoms with E-state index in [-0.39, 0.29) is 11.9 Å².